The fourth-order valence-corrected chi connectivity index (χ4v) is 8.71. The van der Waals surface area contributed by atoms with Gasteiger partial charge in [-0.3, -0.25) is 0 Å². The van der Waals surface area contributed by atoms with Crippen LogP contribution in [0.3, 0.4) is 0 Å². The van der Waals surface area contributed by atoms with Gasteiger partial charge in [0.05, 0.1) is 0 Å². The summed E-state index contributed by atoms with van der Waals surface area (Å²) in [5.74, 6) is -0.428. The van der Waals surface area contributed by atoms with E-state index in [9.17, 15) is 0 Å². The van der Waals surface area contributed by atoms with Gasteiger partial charge in [-0.1, -0.05) is 133 Å². The van der Waals surface area contributed by atoms with Crippen LogP contribution < -0.4 is 0 Å². The van der Waals surface area contributed by atoms with Crippen LogP contribution in [0.2, 0.25) is 54.4 Å². The topological polar surface area (TPSA) is 27.7 Å². The summed E-state index contributed by atoms with van der Waals surface area (Å²) >= 11 is 0. The van der Waals surface area contributed by atoms with Crippen molar-refractivity contribution in [1.82, 2.24) is 0 Å². The molecule has 0 saturated heterocycles. The number of rotatable bonds is 21. The molecule has 0 N–H and O–H groups in total. The number of unbranched alkanes of at least 4 members (excludes halogenated alkanes) is 11. The molecule has 0 aliphatic carbocycles. The predicted octanol–water partition coefficient (Wildman–Crippen LogP) is 13.2. The molecule has 41 heavy (non-hydrogen) atoms. The van der Waals surface area contributed by atoms with Crippen molar-refractivity contribution in [3.05, 3.63) is 0 Å². The largest absolute Gasteiger partial charge is 0.417 e. The van der Waals surface area contributed by atoms with E-state index < -0.39 is 30.7 Å². The van der Waals surface area contributed by atoms with Crippen LogP contribution in [0.1, 0.15) is 159 Å². The minimum absolute atomic E-state index is 0.184. The molecule has 6 heteroatoms. The SMILES string of the molecule is CCC(CCCCCCCCCCCCCCO[Si](C)(C)C(C)(C)C)(O[Si](C)(C)C(C)(C)C)O[Si](C)(C)C(C)(C)C. The minimum atomic E-state index is -1.95. The molecule has 248 valence electrons. The average molecular weight is 631 g/mol. The lowest BCUT2D eigenvalue weighted by atomic mass is 10.0. The second kappa shape index (κ2) is 17.3. The molecule has 0 spiro atoms. The minimum Gasteiger partial charge on any atom is -0.417 e. The Balaban J connectivity index is 4.38. The van der Waals surface area contributed by atoms with E-state index in [1.807, 2.05) is 0 Å². The molecule has 0 rings (SSSR count). The third-order valence-electron chi connectivity index (χ3n) is 10.8. The Morgan fingerprint density at radius 1 is 0.415 bits per heavy atom. The van der Waals surface area contributed by atoms with Gasteiger partial charge in [-0.25, -0.2) is 0 Å². The molecule has 0 radical (unpaired) electrons. The van der Waals surface area contributed by atoms with Gasteiger partial charge in [-0.05, 0) is 80.1 Å². The van der Waals surface area contributed by atoms with Crippen LogP contribution in [0.4, 0.5) is 0 Å². The van der Waals surface area contributed by atoms with E-state index in [-0.39, 0.29) is 10.1 Å². The highest BCUT2D eigenvalue weighted by atomic mass is 28.4. The summed E-state index contributed by atoms with van der Waals surface area (Å²) in [6, 6.07) is 0. The first-order valence-corrected chi connectivity index (χ1v) is 26.2. The average Bonchev–Trinajstić information content (AvgIpc) is 2.78. The maximum absolute atomic E-state index is 7.16. The molecule has 0 fully saturated rings. The summed E-state index contributed by atoms with van der Waals surface area (Å²) in [5, 5.41) is 0.692. The standard InChI is InChI=1S/C35H78O3Si3/c1-17-35(37-40(13,14)33(5,6)7,38-41(15,16)34(8,9)10)30-28-26-24-22-20-18-19-21-23-25-27-29-31-36-39(11,12)32(2,3)4/h17-31H2,1-16H3. The van der Waals surface area contributed by atoms with Crippen molar-refractivity contribution in [3.63, 3.8) is 0 Å². The van der Waals surface area contributed by atoms with Crippen molar-refractivity contribution in [1.29, 1.82) is 0 Å². The highest BCUT2D eigenvalue weighted by molar-refractivity contribution is 6.75. The molecule has 0 atom stereocenters. The molecule has 0 aromatic rings. The van der Waals surface area contributed by atoms with Gasteiger partial charge in [0.2, 0.25) is 0 Å². The van der Waals surface area contributed by atoms with Gasteiger partial charge in [-0.2, -0.15) is 0 Å². The fourth-order valence-electron chi connectivity index (χ4n) is 4.49. The summed E-state index contributed by atoms with van der Waals surface area (Å²) in [6.45, 7) is 38.6. The Morgan fingerprint density at radius 2 is 0.707 bits per heavy atom. The van der Waals surface area contributed by atoms with Crippen molar-refractivity contribution in [2.24, 2.45) is 0 Å². The van der Waals surface area contributed by atoms with E-state index in [4.69, 9.17) is 13.3 Å². The molecule has 0 aliphatic rings. The van der Waals surface area contributed by atoms with Crippen molar-refractivity contribution < 1.29 is 13.3 Å². The Hall–Kier alpha value is 0.531. The van der Waals surface area contributed by atoms with Crippen LogP contribution in [0.5, 0.6) is 0 Å². The van der Waals surface area contributed by atoms with E-state index in [0.29, 0.717) is 5.04 Å². The monoisotopic (exact) mass is 631 g/mol. The van der Waals surface area contributed by atoms with Gasteiger partial charge in [0, 0.05) is 6.61 Å². The predicted molar refractivity (Wildman–Crippen MR) is 193 cm³/mol. The van der Waals surface area contributed by atoms with Gasteiger partial charge >= 0.3 is 0 Å². The Bertz CT molecular complexity index is 669. The highest BCUT2D eigenvalue weighted by Gasteiger charge is 2.49. The summed E-state index contributed by atoms with van der Waals surface area (Å²) < 4.78 is 20.6. The van der Waals surface area contributed by atoms with Crippen LogP contribution in [-0.4, -0.2) is 37.3 Å². The van der Waals surface area contributed by atoms with E-state index >= 15 is 0 Å². The van der Waals surface area contributed by atoms with Crippen molar-refractivity contribution in [3.8, 4) is 0 Å². The first kappa shape index (κ1) is 41.5. The van der Waals surface area contributed by atoms with Crippen LogP contribution in [0.15, 0.2) is 0 Å². The summed E-state index contributed by atoms with van der Waals surface area (Å²) in [6.07, 6.45) is 18.1. The molecule has 0 amide bonds. The molecule has 0 heterocycles. The molecular formula is C35H78O3Si3. The Morgan fingerprint density at radius 3 is 1.00 bits per heavy atom. The Labute approximate surface area is 263 Å². The summed E-state index contributed by atoms with van der Waals surface area (Å²) in [7, 11) is -5.46. The second-order valence-corrected chi connectivity index (χ2v) is 31.8. The summed E-state index contributed by atoms with van der Waals surface area (Å²) in [5.41, 5.74) is 0. The molecule has 0 aliphatic heterocycles. The van der Waals surface area contributed by atoms with Crippen molar-refractivity contribution >= 4 is 25.0 Å². The molecule has 0 aromatic carbocycles. The maximum Gasteiger partial charge on any atom is 0.195 e. The fraction of sp³-hybridized carbons (Fsp3) is 1.00. The van der Waals surface area contributed by atoms with Gasteiger partial charge in [0.25, 0.3) is 0 Å². The molecular weight excluding hydrogens is 553 g/mol. The zero-order chi connectivity index (χ0) is 32.2. The highest BCUT2D eigenvalue weighted by Crippen LogP contribution is 2.46. The molecule has 0 saturated carbocycles. The molecule has 0 unspecified atom stereocenters. The van der Waals surface area contributed by atoms with Gasteiger partial charge in [0.15, 0.2) is 25.0 Å². The lowest BCUT2D eigenvalue weighted by molar-refractivity contribution is -0.142. The van der Waals surface area contributed by atoms with E-state index in [2.05, 4.69) is 109 Å². The van der Waals surface area contributed by atoms with Crippen LogP contribution >= 0.6 is 0 Å². The first-order chi connectivity index (χ1) is 18.4. The second-order valence-electron chi connectivity index (χ2n) is 17.6. The molecule has 0 aromatic heterocycles. The van der Waals surface area contributed by atoms with Crippen LogP contribution in [0, 0.1) is 0 Å². The molecule has 0 bridgehead atoms. The maximum atomic E-state index is 7.16. The number of hydrogen-bond acceptors (Lipinski definition) is 3. The zero-order valence-electron chi connectivity index (χ0n) is 31.3. The lowest BCUT2D eigenvalue weighted by Crippen LogP contribution is -2.56. The van der Waals surface area contributed by atoms with E-state index in [1.165, 1.54) is 77.0 Å². The smallest absolute Gasteiger partial charge is 0.195 e. The zero-order valence-corrected chi connectivity index (χ0v) is 34.3. The summed E-state index contributed by atoms with van der Waals surface area (Å²) in [4.78, 5) is 0. The lowest BCUT2D eigenvalue weighted by Gasteiger charge is -2.50. The van der Waals surface area contributed by atoms with E-state index in [0.717, 1.165) is 19.4 Å². The van der Waals surface area contributed by atoms with Gasteiger partial charge in [0.1, 0.15) is 5.79 Å². The number of hydrogen-bond donors (Lipinski definition) is 0. The van der Waals surface area contributed by atoms with E-state index in [1.54, 1.807) is 0 Å². The molecule has 3 nitrogen and oxygen atoms in total. The Kier molecular flexibility index (Phi) is 17.5. The van der Waals surface area contributed by atoms with Crippen LogP contribution in [-0.2, 0) is 13.3 Å². The van der Waals surface area contributed by atoms with Crippen molar-refractivity contribution in [2.45, 2.75) is 219 Å². The van der Waals surface area contributed by atoms with Crippen molar-refractivity contribution in [2.75, 3.05) is 6.61 Å². The third kappa shape index (κ3) is 15.4. The van der Waals surface area contributed by atoms with Gasteiger partial charge in [-0.15, -0.1) is 0 Å². The normalized spacial score (nSPS) is 14.6. The first-order valence-electron chi connectivity index (χ1n) is 17.5. The van der Waals surface area contributed by atoms with Crippen LogP contribution in [0.25, 0.3) is 0 Å². The third-order valence-corrected chi connectivity index (χ3v) is 24.3. The quantitative estimate of drug-likeness (QED) is 0.0717. The van der Waals surface area contributed by atoms with Gasteiger partial charge < -0.3 is 13.3 Å².